The summed E-state index contributed by atoms with van der Waals surface area (Å²) in [7, 11) is 0. The van der Waals surface area contributed by atoms with Crippen molar-refractivity contribution in [1.29, 1.82) is 0 Å². The van der Waals surface area contributed by atoms with E-state index >= 15 is 0 Å². The topological polar surface area (TPSA) is 103 Å². The number of hydrogen-bond donors (Lipinski definition) is 2. The number of amides is 3. The number of nitrogens with one attached hydrogen (secondary N) is 1. The Balaban J connectivity index is 1.67. The van der Waals surface area contributed by atoms with E-state index in [1.807, 2.05) is 6.92 Å². The lowest BCUT2D eigenvalue weighted by atomic mass is 9.97. The van der Waals surface area contributed by atoms with Crippen molar-refractivity contribution in [3.05, 3.63) is 24.1 Å². The largest absolute Gasteiger partial charge is 0.330 e. The van der Waals surface area contributed by atoms with Crippen molar-refractivity contribution in [2.75, 3.05) is 18.4 Å². The monoisotopic (exact) mass is 420 g/mol. The molecule has 1 aliphatic carbocycles. The van der Waals surface area contributed by atoms with Crippen LogP contribution < -0.4 is 5.32 Å². The summed E-state index contributed by atoms with van der Waals surface area (Å²) in [5, 5.41) is 12.8. The summed E-state index contributed by atoms with van der Waals surface area (Å²) in [6.45, 7) is 2.67. The van der Waals surface area contributed by atoms with E-state index in [9.17, 15) is 24.0 Å². The number of pyridine rings is 1. The van der Waals surface area contributed by atoms with Gasteiger partial charge >= 0.3 is 0 Å². The van der Waals surface area contributed by atoms with Crippen molar-refractivity contribution in [3.8, 4) is 0 Å². The molecule has 164 valence electrons. The number of rotatable bonds is 10. The van der Waals surface area contributed by atoms with Crippen LogP contribution in [0.1, 0.15) is 51.9 Å². The molecule has 8 nitrogen and oxygen atoms in total. The van der Waals surface area contributed by atoms with Gasteiger partial charge in [0.2, 0.25) is 18.2 Å². The molecule has 2 atom stereocenters. The van der Waals surface area contributed by atoms with E-state index in [0.717, 1.165) is 31.9 Å². The number of halogens is 1. The Bertz CT molecular complexity index is 769. The van der Waals surface area contributed by atoms with Crippen molar-refractivity contribution in [1.82, 2.24) is 14.9 Å². The Morgan fingerprint density at radius 1 is 1.47 bits per heavy atom. The summed E-state index contributed by atoms with van der Waals surface area (Å²) in [4.78, 5) is 42.3. The highest BCUT2D eigenvalue weighted by Gasteiger charge is 2.55. The van der Waals surface area contributed by atoms with Crippen LogP contribution >= 0.6 is 0 Å². The predicted molar refractivity (Wildman–Crippen MR) is 107 cm³/mol. The van der Waals surface area contributed by atoms with Crippen LogP contribution in [0, 0.1) is 17.2 Å². The molecule has 1 aromatic heterocycles. The van der Waals surface area contributed by atoms with Gasteiger partial charge in [-0.1, -0.05) is 19.8 Å². The molecule has 0 radical (unpaired) electrons. The second-order valence-electron chi connectivity index (χ2n) is 8.53. The van der Waals surface area contributed by atoms with Gasteiger partial charge in [0, 0.05) is 13.0 Å². The molecule has 0 unspecified atom stereocenters. The van der Waals surface area contributed by atoms with Gasteiger partial charge in [0.25, 0.3) is 0 Å². The summed E-state index contributed by atoms with van der Waals surface area (Å²) in [6.07, 6.45) is 6.66. The van der Waals surface area contributed by atoms with Gasteiger partial charge in [0.05, 0.1) is 12.7 Å². The first-order valence-electron chi connectivity index (χ1n) is 10.5. The summed E-state index contributed by atoms with van der Waals surface area (Å²) in [6, 6.07) is 2.00. The Morgan fingerprint density at radius 3 is 2.83 bits per heavy atom. The molecule has 1 saturated carbocycles. The molecular formula is C21H29FN4O4. The highest BCUT2D eigenvalue weighted by Crippen LogP contribution is 2.55. The Morgan fingerprint density at radius 2 is 2.23 bits per heavy atom. The first-order valence-corrected chi connectivity index (χ1v) is 10.5. The van der Waals surface area contributed by atoms with Gasteiger partial charge in [-0.05, 0) is 49.1 Å². The first kappa shape index (κ1) is 22.1. The van der Waals surface area contributed by atoms with Crippen LogP contribution in [0.15, 0.2) is 18.3 Å². The molecule has 30 heavy (non-hydrogen) atoms. The molecule has 2 aliphatic rings. The van der Waals surface area contributed by atoms with Crippen molar-refractivity contribution in [3.63, 3.8) is 0 Å². The van der Waals surface area contributed by atoms with Gasteiger partial charge in [-0.2, -0.15) is 0 Å². The van der Waals surface area contributed by atoms with Crippen LogP contribution in [0.3, 0.4) is 0 Å². The van der Waals surface area contributed by atoms with E-state index < -0.39 is 11.9 Å². The highest BCUT2D eigenvalue weighted by molar-refractivity contribution is 5.97. The van der Waals surface area contributed by atoms with E-state index in [2.05, 4.69) is 10.3 Å². The lowest BCUT2D eigenvalue weighted by Crippen LogP contribution is -2.44. The summed E-state index contributed by atoms with van der Waals surface area (Å²) in [5.74, 6) is -0.896. The third-order valence-electron chi connectivity index (χ3n) is 6.06. The van der Waals surface area contributed by atoms with Crippen molar-refractivity contribution < 1.29 is 24.0 Å². The standard InChI is InChI=1S/C21H29FN4O4/c1-2-3-4-15(12-25(30)14-27)9-19(28)26-13-21(7-8-21)10-17(26)20(29)24-18-6-5-16(22)11-23-18/h5-6,11,14-15,17,30H,2-4,7-10,12-13H2,1H3,(H,23,24,29)/t15-,17+/m1/s1. The number of nitrogens with zero attached hydrogens (tertiary/aromatic N) is 3. The molecule has 1 aromatic rings. The Hall–Kier alpha value is -2.55. The van der Waals surface area contributed by atoms with Crippen LogP contribution in [0.4, 0.5) is 10.2 Å². The van der Waals surface area contributed by atoms with Crippen molar-refractivity contribution in [2.24, 2.45) is 11.3 Å². The zero-order chi connectivity index (χ0) is 21.7. The Labute approximate surface area is 175 Å². The number of likely N-dealkylation sites (tertiary alicyclic amines) is 1. The number of aromatic nitrogens is 1. The molecule has 0 aromatic carbocycles. The molecule has 0 bridgehead atoms. The molecule has 2 N–H and O–H groups in total. The summed E-state index contributed by atoms with van der Waals surface area (Å²) < 4.78 is 13.1. The molecule has 1 saturated heterocycles. The van der Waals surface area contributed by atoms with E-state index in [1.165, 1.54) is 12.1 Å². The molecule has 1 spiro atoms. The molecule has 1 aliphatic heterocycles. The Kier molecular flexibility index (Phi) is 7.02. The zero-order valence-corrected chi connectivity index (χ0v) is 17.2. The molecule has 9 heteroatoms. The average molecular weight is 420 g/mol. The molecule has 2 heterocycles. The SMILES string of the molecule is CCCC[C@H](CC(=O)N1CC2(CC2)C[C@H]1C(=O)Nc1ccc(F)cn1)CN(O)C=O. The molecule has 3 rings (SSSR count). The van der Waals surface area contributed by atoms with Gasteiger partial charge in [-0.25, -0.2) is 14.4 Å². The number of hydroxylamine groups is 2. The molecule has 3 amide bonds. The lowest BCUT2D eigenvalue weighted by Gasteiger charge is -2.27. The van der Waals surface area contributed by atoms with Gasteiger partial charge in [-0.3, -0.25) is 19.6 Å². The summed E-state index contributed by atoms with van der Waals surface area (Å²) in [5.41, 5.74) is 0.0125. The second kappa shape index (κ2) is 9.51. The van der Waals surface area contributed by atoms with Gasteiger partial charge < -0.3 is 10.2 Å². The van der Waals surface area contributed by atoms with E-state index in [-0.39, 0.29) is 41.9 Å². The minimum Gasteiger partial charge on any atom is -0.330 e. The van der Waals surface area contributed by atoms with E-state index in [1.54, 1.807) is 4.90 Å². The fourth-order valence-electron chi connectivity index (χ4n) is 4.17. The molecule has 2 fully saturated rings. The van der Waals surface area contributed by atoms with Crippen molar-refractivity contribution >= 4 is 24.0 Å². The average Bonchev–Trinajstić information content (AvgIpc) is 3.37. The van der Waals surface area contributed by atoms with Crippen molar-refractivity contribution in [2.45, 2.75) is 57.9 Å². The van der Waals surface area contributed by atoms with Crippen LogP contribution in [-0.4, -0.2) is 57.5 Å². The number of hydrogen-bond acceptors (Lipinski definition) is 5. The van der Waals surface area contributed by atoms with E-state index in [0.29, 0.717) is 30.9 Å². The second-order valence-corrected chi connectivity index (χ2v) is 8.53. The highest BCUT2D eigenvalue weighted by atomic mass is 19.1. The van der Waals surface area contributed by atoms with Gasteiger partial charge in [-0.15, -0.1) is 0 Å². The lowest BCUT2D eigenvalue weighted by molar-refractivity contribution is -0.154. The fourth-order valence-corrected chi connectivity index (χ4v) is 4.17. The van der Waals surface area contributed by atoms with Crippen LogP contribution in [0.2, 0.25) is 0 Å². The number of anilines is 1. The maximum absolute atomic E-state index is 13.1. The van der Waals surface area contributed by atoms with Crippen LogP contribution in [0.5, 0.6) is 0 Å². The number of carbonyl (C=O) groups is 3. The first-order chi connectivity index (χ1) is 14.4. The maximum atomic E-state index is 13.1. The van der Waals surface area contributed by atoms with Gasteiger partial charge in [0.15, 0.2) is 0 Å². The van der Waals surface area contributed by atoms with Gasteiger partial charge in [0.1, 0.15) is 17.7 Å². The third kappa shape index (κ3) is 5.53. The maximum Gasteiger partial charge on any atom is 0.248 e. The fraction of sp³-hybridized carbons (Fsp3) is 0.619. The zero-order valence-electron chi connectivity index (χ0n) is 17.2. The normalized spacial score (nSPS) is 20.1. The number of carbonyl (C=O) groups excluding carboxylic acids is 3. The summed E-state index contributed by atoms with van der Waals surface area (Å²) >= 11 is 0. The minimum absolute atomic E-state index is 0.0125. The smallest absolute Gasteiger partial charge is 0.248 e. The minimum atomic E-state index is -0.602. The van der Waals surface area contributed by atoms with Crippen LogP contribution in [0.25, 0.3) is 0 Å². The molecular weight excluding hydrogens is 391 g/mol. The number of unbranched alkanes of at least 4 members (excludes halogenated alkanes) is 1. The quantitative estimate of drug-likeness (QED) is 0.344. The van der Waals surface area contributed by atoms with Crippen LogP contribution in [-0.2, 0) is 14.4 Å². The third-order valence-corrected chi connectivity index (χ3v) is 6.06. The predicted octanol–water partition coefficient (Wildman–Crippen LogP) is 2.58. The van der Waals surface area contributed by atoms with E-state index in [4.69, 9.17) is 0 Å².